The maximum Gasteiger partial charge on any atom is 0.257 e. The molecule has 8 nitrogen and oxygen atoms in total. The molecule has 1 aliphatic heterocycles. The van der Waals surface area contributed by atoms with E-state index in [9.17, 15) is 19.1 Å². The summed E-state index contributed by atoms with van der Waals surface area (Å²) in [5, 5.41) is 14.5. The van der Waals surface area contributed by atoms with E-state index in [1.54, 1.807) is 16.5 Å². The van der Waals surface area contributed by atoms with Crippen molar-refractivity contribution in [3.63, 3.8) is 0 Å². The first-order chi connectivity index (χ1) is 16.4. The summed E-state index contributed by atoms with van der Waals surface area (Å²) in [7, 11) is 0. The van der Waals surface area contributed by atoms with Crippen molar-refractivity contribution in [1.82, 2.24) is 9.88 Å². The second kappa shape index (κ2) is 9.03. The Hall–Kier alpha value is -3.50. The van der Waals surface area contributed by atoms with Crippen LogP contribution in [0.1, 0.15) is 40.0 Å². The molecule has 2 fully saturated rings. The Balaban J connectivity index is 1.40. The number of likely N-dealkylation sites (tertiary alicyclic amines) is 1. The minimum atomic E-state index is -0.694. The molecule has 10 heteroatoms. The quantitative estimate of drug-likeness (QED) is 0.501. The second-order valence-corrected chi connectivity index (χ2v) is 9.22. The number of nitrogens with zero attached hydrogens (tertiary/aromatic N) is 2. The van der Waals surface area contributed by atoms with Gasteiger partial charge < -0.3 is 19.5 Å². The number of anilines is 1. The molecule has 0 unspecified atom stereocenters. The van der Waals surface area contributed by atoms with Crippen LogP contribution in [-0.4, -0.2) is 52.1 Å². The Bertz CT molecular complexity index is 1230. The summed E-state index contributed by atoms with van der Waals surface area (Å²) >= 11 is 1.27. The van der Waals surface area contributed by atoms with Crippen LogP contribution in [0.3, 0.4) is 0 Å². The van der Waals surface area contributed by atoms with Gasteiger partial charge in [0.1, 0.15) is 17.1 Å². The molecular formula is C24H22FN3O5S. The molecule has 2 heterocycles. The summed E-state index contributed by atoms with van der Waals surface area (Å²) in [6, 6.07) is 8.59. The van der Waals surface area contributed by atoms with E-state index in [-0.39, 0.29) is 35.1 Å². The minimum absolute atomic E-state index is 0.0908. The molecule has 0 bridgehead atoms. The van der Waals surface area contributed by atoms with Crippen molar-refractivity contribution in [1.29, 1.82) is 0 Å². The monoisotopic (exact) mass is 483 g/mol. The fraction of sp³-hybridized carbons (Fsp3) is 0.292. The summed E-state index contributed by atoms with van der Waals surface area (Å²) in [6.07, 6.45) is 3.90. The number of halogens is 1. The molecule has 176 valence electrons. The van der Waals surface area contributed by atoms with Crippen LogP contribution in [0.25, 0.3) is 0 Å². The second-order valence-electron chi connectivity index (χ2n) is 8.32. The van der Waals surface area contributed by atoms with E-state index in [1.165, 1.54) is 41.7 Å². The van der Waals surface area contributed by atoms with Crippen molar-refractivity contribution in [3.05, 3.63) is 64.9 Å². The molecule has 1 saturated heterocycles. The molecule has 0 atom stereocenters. The Kier molecular flexibility index (Phi) is 5.93. The molecule has 1 saturated carbocycles. The molecule has 0 radical (unpaired) electrons. The average molecular weight is 484 g/mol. The SMILES string of the molecule is O=C(Nc1nccs1)c1cc(Oc2ccc(C(=O)N3CCC3)cc2F)cc(OC2(CO)CC2)c1. The normalized spacial score (nSPS) is 15.9. The van der Waals surface area contributed by atoms with Crippen molar-refractivity contribution in [2.24, 2.45) is 0 Å². The highest BCUT2D eigenvalue weighted by Crippen LogP contribution is 2.41. The van der Waals surface area contributed by atoms with Gasteiger partial charge in [-0.3, -0.25) is 14.9 Å². The van der Waals surface area contributed by atoms with Crippen molar-refractivity contribution >= 4 is 28.3 Å². The maximum absolute atomic E-state index is 14.8. The van der Waals surface area contributed by atoms with Crippen LogP contribution in [-0.2, 0) is 0 Å². The zero-order valence-electron chi connectivity index (χ0n) is 18.1. The lowest BCUT2D eigenvalue weighted by molar-refractivity contribution is 0.0651. The van der Waals surface area contributed by atoms with Crippen molar-refractivity contribution in [2.75, 3.05) is 25.0 Å². The van der Waals surface area contributed by atoms with E-state index in [0.29, 0.717) is 36.8 Å². The van der Waals surface area contributed by atoms with Gasteiger partial charge in [0.2, 0.25) is 0 Å². The van der Waals surface area contributed by atoms with Crippen molar-refractivity contribution in [2.45, 2.75) is 24.9 Å². The van der Waals surface area contributed by atoms with Gasteiger partial charge in [0.15, 0.2) is 16.7 Å². The molecule has 3 aromatic rings. The van der Waals surface area contributed by atoms with Crippen LogP contribution in [0.15, 0.2) is 48.0 Å². The number of benzene rings is 2. The van der Waals surface area contributed by atoms with Crippen molar-refractivity contribution in [3.8, 4) is 17.2 Å². The van der Waals surface area contributed by atoms with Crippen molar-refractivity contribution < 1.29 is 28.6 Å². The topological polar surface area (TPSA) is 101 Å². The highest BCUT2D eigenvalue weighted by Gasteiger charge is 2.45. The van der Waals surface area contributed by atoms with Gasteiger partial charge in [-0.2, -0.15) is 0 Å². The van der Waals surface area contributed by atoms with Gasteiger partial charge in [-0.1, -0.05) is 0 Å². The van der Waals surface area contributed by atoms with Gasteiger partial charge in [0, 0.05) is 41.9 Å². The number of aromatic nitrogens is 1. The predicted molar refractivity (Wildman–Crippen MR) is 123 cm³/mol. The number of thiazole rings is 1. The highest BCUT2D eigenvalue weighted by molar-refractivity contribution is 7.13. The smallest absolute Gasteiger partial charge is 0.257 e. The summed E-state index contributed by atoms with van der Waals surface area (Å²) in [6.45, 7) is 1.19. The largest absolute Gasteiger partial charge is 0.485 e. The third-order valence-electron chi connectivity index (χ3n) is 5.78. The first kappa shape index (κ1) is 22.3. The lowest BCUT2D eigenvalue weighted by Gasteiger charge is -2.30. The first-order valence-electron chi connectivity index (χ1n) is 10.9. The van der Waals surface area contributed by atoms with Crippen LogP contribution in [0.5, 0.6) is 17.2 Å². The highest BCUT2D eigenvalue weighted by atomic mass is 32.1. The summed E-state index contributed by atoms with van der Waals surface area (Å²) in [4.78, 5) is 30.8. The summed E-state index contributed by atoms with van der Waals surface area (Å²) in [5.74, 6) is -0.941. The van der Waals surface area contributed by atoms with Gasteiger partial charge in [0.25, 0.3) is 11.8 Å². The lowest BCUT2D eigenvalue weighted by atomic mass is 10.1. The Morgan fingerprint density at radius 2 is 1.94 bits per heavy atom. The molecule has 0 spiro atoms. The first-order valence-corrected chi connectivity index (χ1v) is 11.8. The van der Waals surface area contributed by atoms with E-state index in [4.69, 9.17) is 9.47 Å². The number of rotatable bonds is 8. The number of aliphatic hydroxyl groups is 1. The van der Waals surface area contributed by atoms with Crippen LogP contribution in [0.2, 0.25) is 0 Å². The number of hydrogen-bond acceptors (Lipinski definition) is 7. The number of amides is 2. The maximum atomic E-state index is 14.8. The molecular weight excluding hydrogens is 461 g/mol. The van der Waals surface area contributed by atoms with E-state index in [1.807, 2.05) is 0 Å². The van der Waals surface area contributed by atoms with E-state index < -0.39 is 17.3 Å². The van der Waals surface area contributed by atoms with Gasteiger partial charge >= 0.3 is 0 Å². The lowest BCUT2D eigenvalue weighted by Crippen LogP contribution is -2.42. The number of ether oxygens (including phenoxy) is 2. The van der Waals surface area contributed by atoms with Crippen LogP contribution >= 0.6 is 11.3 Å². The van der Waals surface area contributed by atoms with Gasteiger partial charge in [-0.15, -0.1) is 11.3 Å². The number of carbonyl (C=O) groups is 2. The Morgan fingerprint density at radius 3 is 2.56 bits per heavy atom. The molecule has 1 aliphatic carbocycles. The van der Waals surface area contributed by atoms with Crippen LogP contribution in [0.4, 0.5) is 9.52 Å². The average Bonchev–Trinajstić information content (AvgIpc) is 3.36. The van der Waals surface area contributed by atoms with Gasteiger partial charge in [-0.25, -0.2) is 9.37 Å². The predicted octanol–water partition coefficient (Wildman–Crippen LogP) is 4.08. The molecule has 2 aliphatic rings. The molecule has 2 aromatic carbocycles. The number of nitrogens with one attached hydrogen (secondary N) is 1. The molecule has 2 amide bonds. The van der Waals surface area contributed by atoms with Crippen LogP contribution < -0.4 is 14.8 Å². The molecule has 34 heavy (non-hydrogen) atoms. The number of hydrogen-bond donors (Lipinski definition) is 2. The van der Waals surface area contributed by atoms with E-state index in [2.05, 4.69) is 10.3 Å². The van der Waals surface area contributed by atoms with Crippen LogP contribution in [0, 0.1) is 5.82 Å². The number of carbonyl (C=O) groups excluding carboxylic acids is 2. The Morgan fingerprint density at radius 1 is 1.15 bits per heavy atom. The van der Waals surface area contributed by atoms with Gasteiger partial charge in [-0.05, 0) is 49.6 Å². The molecule has 1 aromatic heterocycles. The summed E-state index contributed by atoms with van der Waals surface area (Å²) in [5.41, 5.74) is -0.198. The third kappa shape index (κ3) is 4.73. The Labute approximate surface area is 198 Å². The molecule has 5 rings (SSSR count). The number of aliphatic hydroxyl groups excluding tert-OH is 1. The third-order valence-corrected chi connectivity index (χ3v) is 6.46. The minimum Gasteiger partial charge on any atom is -0.485 e. The van der Waals surface area contributed by atoms with E-state index >= 15 is 0 Å². The zero-order valence-corrected chi connectivity index (χ0v) is 18.9. The van der Waals surface area contributed by atoms with Gasteiger partial charge in [0.05, 0.1) is 6.61 Å². The standard InChI is InChI=1S/C24H22FN3O5S/c25-19-12-15(22(31)28-7-1-8-28)2-3-20(19)32-17-10-16(21(30)27-23-26-6-9-34-23)11-18(13-17)33-24(14-29)4-5-24/h2-3,6,9-13,29H,1,4-5,7-8,14H2,(H,26,27,30). The summed E-state index contributed by atoms with van der Waals surface area (Å²) < 4.78 is 26.5. The van der Waals surface area contributed by atoms with E-state index in [0.717, 1.165) is 12.5 Å². The zero-order chi connectivity index (χ0) is 23.7. The fourth-order valence-electron chi connectivity index (χ4n) is 3.50. The fourth-order valence-corrected chi connectivity index (χ4v) is 4.03. The molecule has 2 N–H and O–H groups in total.